The van der Waals surface area contributed by atoms with Crippen molar-refractivity contribution in [3.63, 3.8) is 0 Å². The van der Waals surface area contributed by atoms with Crippen molar-refractivity contribution in [2.45, 2.75) is 19.3 Å². The van der Waals surface area contributed by atoms with E-state index in [0.717, 1.165) is 6.07 Å². The molecule has 0 atom stereocenters. The summed E-state index contributed by atoms with van der Waals surface area (Å²) in [5, 5.41) is 9.00. The molecular formula is C24H22ClF5N6O. The van der Waals surface area contributed by atoms with Gasteiger partial charge in [0.1, 0.15) is 5.82 Å². The molecule has 2 aromatic carbocycles. The Morgan fingerprint density at radius 3 is 2.38 bits per heavy atom. The van der Waals surface area contributed by atoms with Crippen LogP contribution in [-0.2, 0) is 13.1 Å². The predicted octanol–water partition coefficient (Wildman–Crippen LogP) is 4.41. The Bertz CT molecular complexity index is 1360. The van der Waals surface area contributed by atoms with Gasteiger partial charge >= 0.3 is 6.18 Å². The van der Waals surface area contributed by atoms with E-state index in [4.69, 9.17) is 16.3 Å². The molecule has 0 unspecified atom stereocenters. The largest absolute Gasteiger partial charge is 0.494 e. The Labute approximate surface area is 214 Å². The molecule has 6 rings (SSSR count). The molecule has 7 nitrogen and oxygen atoms in total. The third-order valence-electron chi connectivity index (χ3n) is 7.11. The van der Waals surface area contributed by atoms with Gasteiger partial charge in [-0.3, -0.25) is 9.47 Å². The number of hydrogen-bond donors (Lipinski definition) is 0. The van der Waals surface area contributed by atoms with E-state index in [1.165, 1.54) is 18.1 Å². The number of rotatable bonds is 4. The molecule has 2 saturated heterocycles. The smallest absolute Gasteiger partial charge is 0.401 e. The van der Waals surface area contributed by atoms with Gasteiger partial charge in [-0.15, -0.1) is 10.2 Å². The molecule has 3 aromatic rings. The highest BCUT2D eigenvalue weighted by atomic mass is 35.5. The molecule has 13 heteroatoms. The average molecular weight is 541 g/mol. The molecule has 1 spiro atoms. The number of aromatic nitrogens is 3. The highest BCUT2D eigenvalue weighted by molar-refractivity contribution is 6.30. The summed E-state index contributed by atoms with van der Waals surface area (Å²) in [6.07, 6.45) is -4.36. The lowest BCUT2D eigenvalue weighted by molar-refractivity contribution is -0.148. The summed E-state index contributed by atoms with van der Waals surface area (Å²) in [6, 6.07) is 7.33. The second kappa shape index (κ2) is 8.45. The number of anilines is 2. The van der Waals surface area contributed by atoms with Gasteiger partial charge in [-0.05, 0) is 23.8 Å². The first-order chi connectivity index (χ1) is 17.5. The molecule has 0 radical (unpaired) electrons. The molecule has 0 bridgehead atoms. The van der Waals surface area contributed by atoms with Crippen molar-refractivity contribution in [1.29, 1.82) is 0 Å². The van der Waals surface area contributed by atoms with Gasteiger partial charge in [0.05, 0.1) is 31.6 Å². The number of methoxy groups -OCH3 is 1. The van der Waals surface area contributed by atoms with Crippen LogP contribution in [0.5, 0.6) is 5.75 Å². The first-order valence-electron chi connectivity index (χ1n) is 11.6. The van der Waals surface area contributed by atoms with E-state index in [9.17, 15) is 22.0 Å². The van der Waals surface area contributed by atoms with Crippen LogP contribution in [-0.4, -0.2) is 65.7 Å². The fourth-order valence-corrected chi connectivity index (χ4v) is 5.77. The molecule has 3 aliphatic rings. The van der Waals surface area contributed by atoms with Gasteiger partial charge in [0.25, 0.3) is 0 Å². The Balaban J connectivity index is 1.23. The van der Waals surface area contributed by atoms with Crippen LogP contribution in [0.1, 0.15) is 11.4 Å². The number of benzene rings is 2. The second-order valence-corrected chi connectivity index (χ2v) is 10.4. The van der Waals surface area contributed by atoms with Crippen LogP contribution in [0.25, 0.3) is 5.69 Å². The minimum atomic E-state index is -4.36. The minimum Gasteiger partial charge on any atom is -0.494 e. The summed E-state index contributed by atoms with van der Waals surface area (Å²) >= 11 is 6.17. The first-order valence-corrected chi connectivity index (χ1v) is 12.0. The lowest BCUT2D eigenvalue weighted by Gasteiger charge is -2.61. The lowest BCUT2D eigenvalue weighted by Crippen LogP contribution is -2.73. The third kappa shape index (κ3) is 4.25. The van der Waals surface area contributed by atoms with Crippen molar-refractivity contribution in [2.75, 3.05) is 49.6 Å². The zero-order chi connectivity index (χ0) is 26.1. The Kier molecular flexibility index (Phi) is 5.53. The van der Waals surface area contributed by atoms with Crippen LogP contribution in [0.3, 0.4) is 0 Å². The lowest BCUT2D eigenvalue weighted by atomic mass is 9.72. The normalized spacial score (nSPS) is 18.7. The van der Waals surface area contributed by atoms with Gasteiger partial charge in [-0.2, -0.15) is 13.2 Å². The standard InChI is InChI=1S/C24H22ClF5N6O/c1-37-20-6-19(16(26)5-17(20)27)34-9-23(10-34)11-35(12-23)22-32-31-21-8-33(13-24(28,29)30)7-14-4-15(25)2-3-18(14)36(21)22/h2-6H,7-13H2,1H3. The fraction of sp³-hybridized carbons (Fsp3) is 0.417. The van der Waals surface area contributed by atoms with E-state index in [-0.39, 0.29) is 29.9 Å². The highest BCUT2D eigenvalue weighted by Gasteiger charge is 2.53. The Morgan fingerprint density at radius 2 is 1.68 bits per heavy atom. The number of alkyl halides is 3. The SMILES string of the molecule is COc1cc(N2CC3(C2)CN(c2nnc4n2-c2ccc(Cl)cc2CN(CC(F)(F)F)C4)C3)c(F)cc1F. The summed E-state index contributed by atoms with van der Waals surface area (Å²) in [6.45, 7) is 1.37. The highest BCUT2D eigenvalue weighted by Crippen LogP contribution is 2.45. The molecule has 196 valence electrons. The molecule has 0 saturated carbocycles. The maximum absolute atomic E-state index is 14.4. The topological polar surface area (TPSA) is 49.7 Å². The molecule has 3 aliphatic heterocycles. The second-order valence-electron chi connectivity index (χ2n) is 9.94. The van der Waals surface area contributed by atoms with Crippen LogP contribution in [0.2, 0.25) is 5.02 Å². The molecular weight excluding hydrogens is 519 g/mol. The van der Waals surface area contributed by atoms with Crippen molar-refractivity contribution in [2.24, 2.45) is 5.41 Å². The summed E-state index contributed by atoms with van der Waals surface area (Å²) in [7, 11) is 1.33. The molecule has 0 aliphatic carbocycles. The van der Waals surface area contributed by atoms with Crippen LogP contribution in [0.15, 0.2) is 30.3 Å². The van der Waals surface area contributed by atoms with Crippen LogP contribution >= 0.6 is 11.6 Å². The number of fused-ring (bicyclic) bond motifs is 3. The van der Waals surface area contributed by atoms with E-state index < -0.39 is 24.4 Å². The van der Waals surface area contributed by atoms with Crippen molar-refractivity contribution >= 4 is 23.2 Å². The predicted molar refractivity (Wildman–Crippen MR) is 126 cm³/mol. The van der Waals surface area contributed by atoms with Crippen molar-refractivity contribution in [3.05, 3.63) is 58.4 Å². The molecule has 4 heterocycles. The summed E-state index contributed by atoms with van der Waals surface area (Å²) in [4.78, 5) is 5.14. The van der Waals surface area contributed by atoms with Gasteiger partial charge in [0, 0.05) is 55.3 Å². The number of nitrogens with zero attached hydrogens (tertiary/aromatic N) is 6. The fourth-order valence-electron chi connectivity index (χ4n) is 5.58. The van der Waals surface area contributed by atoms with E-state index in [0.29, 0.717) is 54.2 Å². The molecule has 2 fully saturated rings. The maximum atomic E-state index is 14.4. The Hall–Kier alpha value is -3.12. The number of hydrogen-bond acceptors (Lipinski definition) is 6. The maximum Gasteiger partial charge on any atom is 0.401 e. The minimum absolute atomic E-state index is 0.0166. The number of ether oxygens (including phenoxy) is 1. The van der Waals surface area contributed by atoms with Crippen LogP contribution in [0.4, 0.5) is 33.6 Å². The first kappa shape index (κ1) is 24.2. The van der Waals surface area contributed by atoms with E-state index in [1.807, 2.05) is 9.80 Å². The van der Waals surface area contributed by atoms with Gasteiger partial charge in [-0.1, -0.05) is 11.6 Å². The van der Waals surface area contributed by atoms with E-state index in [1.54, 1.807) is 22.8 Å². The average Bonchev–Trinajstić information content (AvgIpc) is 3.08. The van der Waals surface area contributed by atoms with E-state index >= 15 is 0 Å². The van der Waals surface area contributed by atoms with E-state index in [2.05, 4.69) is 10.2 Å². The van der Waals surface area contributed by atoms with Gasteiger partial charge in [0.2, 0.25) is 5.95 Å². The number of halogens is 6. The molecule has 1 aromatic heterocycles. The quantitative estimate of drug-likeness (QED) is 0.457. The molecule has 37 heavy (non-hydrogen) atoms. The summed E-state index contributed by atoms with van der Waals surface area (Å²) in [5.74, 6) is -0.456. The summed E-state index contributed by atoms with van der Waals surface area (Å²) < 4.78 is 74.6. The third-order valence-corrected chi connectivity index (χ3v) is 7.34. The summed E-state index contributed by atoms with van der Waals surface area (Å²) in [5.41, 5.74) is 1.54. The molecule has 0 N–H and O–H groups in total. The van der Waals surface area contributed by atoms with Gasteiger partial charge in [-0.25, -0.2) is 8.78 Å². The zero-order valence-corrected chi connectivity index (χ0v) is 20.5. The zero-order valence-electron chi connectivity index (χ0n) is 19.7. The molecule has 0 amide bonds. The van der Waals surface area contributed by atoms with Gasteiger partial charge in [0.15, 0.2) is 17.4 Å². The van der Waals surface area contributed by atoms with Crippen molar-refractivity contribution in [3.8, 4) is 11.4 Å². The van der Waals surface area contributed by atoms with Crippen molar-refractivity contribution in [1.82, 2.24) is 19.7 Å². The van der Waals surface area contributed by atoms with Crippen molar-refractivity contribution < 1.29 is 26.7 Å². The van der Waals surface area contributed by atoms with Crippen LogP contribution < -0.4 is 14.5 Å². The monoisotopic (exact) mass is 540 g/mol. The van der Waals surface area contributed by atoms with Crippen LogP contribution in [0, 0.1) is 17.0 Å². The van der Waals surface area contributed by atoms with Gasteiger partial charge < -0.3 is 14.5 Å². The Morgan fingerprint density at radius 1 is 0.946 bits per heavy atom.